The van der Waals surface area contributed by atoms with Gasteiger partial charge in [-0.2, -0.15) is 0 Å². The molecule has 2 N–H and O–H groups in total. The predicted octanol–water partition coefficient (Wildman–Crippen LogP) is 5.24. The number of hydrogen-bond donors (Lipinski definition) is 2. The molecule has 0 spiro atoms. The zero-order valence-electron chi connectivity index (χ0n) is 18.8. The molecule has 3 heteroatoms. The third-order valence-electron chi connectivity index (χ3n) is 9.30. The van der Waals surface area contributed by atoms with Gasteiger partial charge in [-0.25, -0.2) is 0 Å². The molecule has 30 heavy (non-hydrogen) atoms. The van der Waals surface area contributed by atoms with Crippen LogP contribution in [0.5, 0.6) is 0 Å². The van der Waals surface area contributed by atoms with E-state index in [1.54, 1.807) is 16.7 Å². The van der Waals surface area contributed by atoms with Crippen molar-refractivity contribution in [1.29, 1.82) is 0 Å². The number of ketones is 1. The molecule has 0 amide bonds. The van der Waals surface area contributed by atoms with Crippen LogP contribution in [0.25, 0.3) is 0 Å². The molecule has 0 saturated heterocycles. The minimum absolute atomic E-state index is 0.133. The average Bonchev–Trinajstić information content (AvgIpc) is 3.10. The van der Waals surface area contributed by atoms with Gasteiger partial charge >= 0.3 is 0 Å². The summed E-state index contributed by atoms with van der Waals surface area (Å²) in [4.78, 5) is 12.6. The Bertz CT molecular complexity index is 875. The van der Waals surface area contributed by atoms with Crippen molar-refractivity contribution in [3.05, 3.63) is 46.2 Å². The largest absolute Gasteiger partial charge is 0.391 e. The van der Waals surface area contributed by atoms with Crippen LogP contribution in [0.1, 0.15) is 71.6 Å². The number of hydrogen-bond acceptors (Lipinski definition) is 3. The summed E-state index contributed by atoms with van der Waals surface area (Å²) < 4.78 is 0. The van der Waals surface area contributed by atoms with Crippen LogP contribution in [0.2, 0.25) is 0 Å². The molecule has 5 aliphatic carbocycles. The van der Waals surface area contributed by atoms with Gasteiger partial charge in [0.2, 0.25) is 0 Å². The van der Waals surface area contributed by atoms with Crippen molar-refractivity contribution in [3.8, 4) is 0 Å². The quantitative estimate of drug-likeness (QED) is 0.673. The Kier molecular flexibility index (Phi) is 5.08. The highest BCUT2D eigenvalue weighted by Crippen LogP contribution is 2.65. The summed E-state index contributed by atoms with van der Waals surface area (Å²) in [5.74, 6) is 2.37. The first-order chi connectivity index (χ1) is 14.4. The van der Waals surface area contributed by atoms with Crippen LogP contribution < -0.4 is 5.32 Å². The predicted molar refractivity (Wildman–Crippen MR) is 121 cm³/mol. The molecule has 0 radical (unpaired) electrons. The van der Waals surface area contributed by atoms with Gasteiger partial charge in [-0.05, 0) is 99.2 Å². The van der Waals surface area contributed by atoms with E-state index in [1.165, 1.54) is 24.1 Å². The number of fused-ring (bicyclic) bond motifs is 4. The van der Waals surface area contributed by atoms with Gasteiger partial charge in [0.25, 0.3) is 0 Å². The van der Waals surface area contributed by atoms with E-state index < -0.39 is 0 Å². The van der Waals surface area contributed by atoms with Gasteiger partial charge in [0.1, 0.15) is 5.78 Å². The summed E-state index contributed by atoms with van der Waals surface area (Å²) in [6.07, 6.45) is 16.3. The van der Waals surface area contributed by atoms with E-state index >= 15 is 0 Å². The van der Waals surface area contributed by atoms with E-state index in [4.69, 9.17) is 0 Å². The molecule has 5 rings (SSSR count). The molecule has 5 unspecified atom stereocenters. The lowest BCUT2D eigenvalue weighted by Crippen LogP contribution is -2.46. The standard InChI is InChI=1S/C27H37NO2/c1-16(29)24-12-13-25-22-10-6-18-14-20(30)9-11-21(18)26(22)23(15-27(24,25)2)17-4-7-19(28-3)8-5-17/h4,7,14,20,22-25,28,30H,5-6,8-13,15H2,1-3H3/t20?,22?,23?,24-,25?,27?/m1/s1. The number of nitrogens with one attached hydrogen (secondary N) is 1. The molecule has 0 aromatic heterocycles. The first-order valence-corrected chi connectivity index (χ1v) is 12.1. The highest BCUT2D eigenvalue weighted by atomic mass is 16.3. The Morgan fingerprint density at radius 3 is 2.63 bits per heavy atom. The van der Waals surface area contributed by atoms with Crippen molar-refractivity contribution in [2.45, 2.75) is 77.7 Å². The summed E-state index contributed by atoms with van der Waals surface area (Å²) in [7, 11) is 2.01. The van der Waals surface area contributed by atoms with Gasteiger partial charge in [0.05, 0.1) is 6.10 Å². The maximum absolute atomic E-state index is 12.6. The Morgan fingerprint density at radius 1 is 1.10 bits per heavy atom. The molecule has 0 aromatic carbocycles. The minimum atomic E-state index is -0.267. The van der Waals surface area contributed by atoms with Crippen molar-refractivity contribution in [2.75, 3.05) is 7.05 Å². The zero-order chi connectivity index (χ0) is 21.0. The van der Waals surface area contributed by atoms with Gasteiger partial charge in [-0.3, -0.25) is 4.79 Å². The van der Waals surface area contributed by atoms with Crippen molar-refractivity contribution >= 4 is 5.78 Å². The normalized spacial score (nSPS) is 40.5. The summed E-state index contributed by atoms with van der Waals surface area (Å²) in [5, 5.41) is 13.6. The maximum Gasteiger partial charge on any atom is 0.133 e. The van der Waals surface area contributed by atoms with Gasteiger partial charge in [0.15, 0.2) is 0 Å². The third-order valence-corrected chi connectivity index (χ3v) is 9.30. The van der Waals surface area contributed by atoms with Gasteiger partial charge in [0, 0.05) is 24.6 Å². The second-order valence-corrected chi connectivity index (χ2v) is 10.7. The number of aliphatic hydroxyl groups is 1. The Morgan fingerprint density at radius 2 is 1.93 bits per heavy atom. The van der Waals surface area contributed by atoms with Gasteiger partial charge in [-0.15, -0.1) is 0 Å². The third kappa shape index (κ3) is 3.07. The average molecular weight is 408 g/mol. The van der Waals surface area contributed by atoms with Crippen LogP contribution in [0.4, 0.5) is 0 Å². The molecule has 0 aromatic rings. The van der Waals surface area contributed by atoms with Gasteiger partial charge < -0.3 is 10.4 Å². The smallest absolute Gasteiger partial charge is 0.133 e. The number of allylic oxidation sites excluding steroid dienone is 7. The fourth-order valence-corrected chi connectivity index (χ4v) is 7.93. The van der Waals surface area contributed by atoms with Crippen LogP contribution >= 0.6 is 0 Å². The SMILES string of the molecule is CNC1=CC=C(C2CC3(C)C(CC[C@@H]3C(C)=O)C3CCC4=CC(O)CCC4=C23)CC1. The highest BCUT2D eigenvalue weighted by Gasteiger charge is 2.57. The molecule has 6 atom stereocenters. The molecular weight excluding hydrogens is 370 g/mol. The zero-order valence-corrected chi connectivity index (χ0v) is 18.8. The molecule has 2 fully saturated rings. The van der Waals surface area contributed by atoms with Crippen LogP contribution in [0.3, 0.4) is 0 Å². The fraction of sp³-hybridized carbons (Fsp3) is 0.667. The Labute approximate surface area is 181 Å². The number of carbonyl (C=O) groups excluding carboxylic acids is 1. The van der Waals surface area contributed by atoms with E-state index in [0.717, 1.165) is 44.9 Å². The topological polar surface area (TPSA) is 49.3 Å². The fourth-order valence-electron chi connectivity index (χ4n) is 7.93. The number of aliphatic hydroxyl groups excluding tert-OH is 1. The Hall–Kier alpha value is -1.61. The van der Waals surface area contributed by atoms with E-state index in [1.807, 2.05) is 14.0 Å². The van der Waals surface area contributed by atoms with Crippen molar-refractivity contribution in [3.63, 3.8) is 0 Å². The molecule has 0 heterocycles. The maximum atomic E-state index is 12.6. The van der Waals surface area contributed by atoms with E-state index in [-0.39, 0.29) is 17.4 Å². The summed E-state index contributed by atoms with van der Waals surface area (Å²) in [6, 6.07) is 0. The number of carbonyl (C=O) groups is 1. The molecule has 3 nitrogen and oxygen atoms in total. The molecule has 2 saturated carbocycles. The summed E-state index contributed by atoms with van der Waals surface area (Å²) in [5.41, 5.74) is 7.74. The molecule has 0 bridgehead atoms. The van der Waals surface area contributed by atoms with E-state index in [2.05, 4.69) is 30.5 Å². The lowest BCUT2D eigenvalue weighted by molar-refractivity contribution is -0.125. The monoisotopic (exact) mass is 407 g/mol. The molecule has 0 aliphatic heterocycles. The van der Waals surface area contributed by atoms with Crippen LogP contribution in [-0.4, -0.2) is 24.0 Å². The van der Waals surface area contributed by atoms with Crippen LogP contribution in [-0.2, 0) is 4.79 Å². The van der Waals surface area contributed by atoms with Gasteiger partial charge in [-0.1, -0.05) is 30.2 Å². The molecular formula is C27H37NO2. The number of rotatable bonds is 3. The first kappa shape index (κ1) is 20.3. The Balaban J connectivity index is 1.63. The van der Waals surface area contributed by atoms with E-state index in [9.17, 15) is 9.90 Å². The lowest BCUT2D eigenvalue weighted by atomic mass is 9.51. The second-order valence-electron chi connectivity index (χ2n) is 10.7. The van der Waals surface area contributed by atoms with Crippen molar-refractivity contribution in [2.24, 2.45) is 29.1 Å². The lowest BCUT2D eigenvalue weighted by Gasteiger charge is -2.53. The summed E-state index contributed by atoms with van der Waals surface area (Å²) >= 11 is 0. The van der Waals surface area contributed by atoms with Crippen molar-refractivity contribution < 1.29 is 9.90 Å². The van der Waals surface area contributed by atoms with Crippen molar-refractivity contribution in [1.82, 2.24) is 5.32 Å². The molecule has 162 valence electrons. The summed E-state index contributed by atoms with van der Waals surface area (Å²) in [6.45, 7) is 4.27. The minimum Gasteiger partial charge on any atom is -0.391 e. The van der Waals surface area contributed by atoms with Crippen LogP contribution in [0.15, 0.2) is 46.2 Å². The number of Topliss-reactive ketones (excluding diaryl/α,β-unsaturated/α-hetero) is 1. The first-order valence-electron chi connectivity index (χ1n) is 12.1. The van der Waals surface area contributed by atoms with Crippen LogP contribution in [0, 0.1) is 29.1 Å². The van der Waals surface area contributed by atoms with E-state index in [0.29, 0.717) is 23.5 Å². The molecule has 5 aliphatic rings. The highest BCUT2D eigenvalue weighted by molar-refractivity contribution is 5.79. The second kappa shape index (κ2) is 7.51.